The van der Waals surface area contributed by atoms with Gasteiger partial charge in [-0.15, -0.1) is 0 Å². The number of nitrogens with zero attached hydrogens (tertiary/aromatic N) is 2. The molecule has 3 aliphatic heterocycles. The first-order valence-electron chi connectivity index (χ1n) is 8.37. The number of hydrogen-bond donors (Lipinski definition) is 2. The minimum atomic E-state index is -0.0170. The van der Waals surface area contributed by atoms with Gasteiger partial charge in [-0.05, 0) is 24.5 Å². The number of benzene rings is 1. The summed E-state index contributed by atoms with van der Waals surface area (Å²) in [5.74, 6) is 0.437. The van der Waals surface area contributed by atoms with E-state index < -0.39 is 0 Å². The number of anilines is 1. The normalized spacial score (nSPS) is 22.3. The molecule has 0 spiro atoms. The lowest BCUT2D eigenvalue weighted by Crippen LogP contribution is -2.56. The van der Waals surface area contributed by atoms with E-state index in [0.717, 1.165) is 50.3 Å². The lowest BCUT2D eigenvalue weighted by molar-refractivity contribution is -0.138. The van der Waals surface area contributed by atoms with Gasteiger partial charge in [0.25, 0.3) is 0 Å². The largest absolute Gasteiger partial charge is 0.342 e. The molecule has 3 aliphatic rings. The van der Waals surface area contributed by atoms with Crippen LogP contribution >= 0.6 is 0 Å². The van der Waals surface area contributed by atoms with E-state index in [1.807, 2.05) is 28.0 Å². The van der Waals surface area contributed by atoms with Crippen LogP contribution in [0.2, 0.25) is 0 Å². The van der Waals surface area contributed by atoms with Crippen molar-refractivity contribution in [2.24, 2.45) is 5.92 Å². The summed E-state index contributed by atoms with van der Waals surface area (Å²) in [6.45, 7) is 3.79. The maximum atomic E-state index is 12.4. The molecule has 0 saturated carbocycles. The van der Waals surface area contributed by atoms with Gasteiger partial charge in [0.05, 0.1) is 5.92 Å². The van der Waals surface area contributed by atoms with Gasteiger partial charge in [0.15, 0.2) is 0 Å². The molecule has 6 heteroatoms. The lowest BCUT2D eigenvalue weighted by Gasteiger charge is -2.42. The molecule has 3 heterocycles. The van der Waals surface area contributed by atoms with Crippen LogP contribution in [0.4, 0.5) is 10.5 Å². The molecule has 3 amide bonds. The van der Waals surface area contributed by atoms with Crippen molar-refractivity contribution in [1.82, 2.24) is 15.1 Å². The summed E-state index contributed by atoms with van der Waals surface area (Å²) < 4.78 is 0. The highest BCUT2D eigenvalue weighted by Crippen LogP contribution is 2.28. The van der Waals surface area contributed by atoms with E-state index in [1.165, 1.54) is 0 Å². The molecule has 23 heavy (non-hydrogen) atoms. The van der Waals surface area contributed by atoms with Crippen LogP contribution in [-0.4, -0.2) is 54.0 Å². The Kier molecular flexibility index (Phi) is 3.69. The third-order valence-electron chi connectivity index (χ3n) is 5.21. The third kappa shape index (κ3) is 2.67. The fraction of sp³-hybridized carbons (Fsp3) is 0.529. The van der Waals surface area contributed by atoms with Crippen molar-refractivity contribution in [1.29, 1.82) is 0 Å². The Hall–Kier alpha value is -2.08. The fourth-order valence-corrected chi connectivity index (χ4v) is 3.64. The van der Waals surface area contributed by atoms with Crippen LogP contribution in [-0.2, 0) is 11.3 Å². The number of carbonyl (C=O) groups is 2. The van der Waals surface area contributed by atoms with Crippen molar-refractivity contribution in [3.63, 3.8) is 0 Å². The minimum absolute atomic E-state index is 0.0170. The number of hydrogen-bond acceptors (Lipinski definition) is 3. The predicted molar refractivity (Wildman–Crippen MR) is 87.0 cm³/mol. The molecule has 2 fully saturated rings. The molecule has 0 atom stereocenters. The van der Waals surface area contributed by atoms with Crippen molar-refractivity contribution in [2.45, 2.75) is 25.4 Å². The van der Waals surface area contributed by atoms with Crippen LogP contribution in [0.15, 0.2) is 24.3 Å². The summed E-state index contributed by atoms with van der Waals surface area (Å²) in [6, 6.07) is 8.14. The SMILES string of the molecule is O=C(C1CNC1)N1CCC(N2Cc3ccccc3NC2=O)CC1. The number of fused-ring (bicyclic) bond motifs is 1. The van der Waals surface area contributed by atoms with E-state index in [4.69, 9.17) is 0 Å². The molecular formula is C17H22N4O2. The quantitative estimate of drug-likeness (QED) is 0.863. The summed E-state index contributed by atoms with van der Waals surface area (Å²) in [4.78, 5) is 28.5. The van der Waals surface area contributed by atoms with Gasteiger partial charge in [-0.3, -0.25) is 4.79 Å². The number of urea groups is 1. The third-order valence-corrected chi connectivity index (χ3v) is 5.21. The number of piperidine rings is 1. The summed E-state index contributed by atoms with van der Waals surface area (Å²) in [6.07, 6.45) is 1.73. The number of likely N-dealkylation sites (tertiary alicyclic amines) is 1. The van der Waals surface area contributed by atoms with Gasteiger partial charge < -0.3 is 20.4 Å². The van der Waals surface area contributed by atoms with Gasteiger partial charge in [0.2, 0.25) is 5.91 Å². The highest BCUT2D eigenvalue weighted by molar-refractivity contribution is 5.92. The highest BCUT2D eigenvalue weighted by Gasteiger charge is 2.35. The van der Waals surface area contributed by atoms with E-state index in [-0.39, 0.29) is 23.9 Å². The first kappa shape index (κ1) is 14.5. The minimum Gasteiger partial charge on any atom is -0.342 e. The molecule has 4 rings (SSSR count). The second kappa shape index (κ2) is 5.85. The van der Waals surface area contributed by atoms with E-state index in [2.05, 4.69) is 16.7 Å². The molecule has 0 radical (unpaired) electrons. The van der Waals surface area contributed by atoms with Crippen molar-refractivity contribution in [2.75, 3.05) is 31.5 Å². The fourth-order valence-electron chi connectivity index (χ4n) is 3.64. The molecule has 122 valence electrons. The topological polar surface area (TPSA) is 64.7 Å². The lowest BCUT2D eigenvalue weighted by atomic mass is 9.97. The molecule has 1 aromatic carbocycles. The van der Waals surface area contributed by atoms with Gasteiger partial charge in [-0.1, -0.05) is 18.2 Å². The summed E-state index contributed by atoms with van der Waals surface area (Å²) in [5, 5.41) is 6.12. The van der Waals surface area contributed by atoms with Crippen molar-refractivity contribution < 1.29 is 9.59 Å². The van der Waals surface area contributed by atoms with Crippen LogP contribution in [0.1, 0.15) is 18.4 Å². The second-order valence-electron chi connectivity index (χ2n) is 6.63. The average molecular weight is 314 g/mol. The Morgan fingerprint density at radius 2 is 1.87 bits per heavy atom. The second-order valence-corrected chi connectivity index (χ2v) is 6.63. The number of carbonyl (C=O) groups excluding carboxylic acids is 2. The molecule has 1 aromatic rings. The van der Waals surface area contributed by atoms with E-state index in [0.29, 0.717) is 6.54 Å². The van der Waals surface area contributed by atoms with Gasteiger partial charge in [0, 0.05) is 44.5 Å². The first-order valence-corrected chi connectivity index (χ1v) is 8.37. The van der Waals surface area contributed by atoms with Crippen molar-refractivity contribution in [3.8, 4) is 0 Å². The van der Waals surface area contributed by atoms with Gasteiger partial charge in [-0.2, -0.15) is 0 Å². The van der Waals surface area contributed by atoms with E-state index in [1.54, 1.807) is 0 Å². The zero-order valence-electron chi connectivity index (χ0n) is 13.1. The molecule has 0 bridgehead atoms. The Morgan fingerprint density at radius 3 is 2.57 bits per heavy atom. The number of para-hydroxylation sites is 1. The van der Waals surface area contributed by atoms with Gasteiger partial charge in [-0.25, -0.2) is 4.79 Å². The number of amides is 3. The van der Waals surface area contributed by atoms with Crippen LogP contribution in [0.5, 0.6) is 0 Å². The molecule has 0 aliphatic carbocycles. The predicted octanol–water partition coefficient (Wildman–Crippen LogP) is 1.24. The standard InChI is InChI=1S/C17H22N4O2/c22-16(13-9-18-10-13)20-7-5-14(6-8-20)21-11-12-3-1-2-4-15(12)19-17(21)23/h1-4,13-14,18H,5-11H2,(H,19,23). The molecule has 2 N–H and O–H groups in total. The number of rotatable bonds is 2. The molecule has 0 aromatic heterocycles. The van der Waals surface area contributed by atoms with Crippen LogP contribution in [0, 0.1) is 5.92 Å². The Balaban J connectivity index is 1.39. The Morgan fingerprint density at radius 1 is 1.13 bits per heavy atom. The van der Waals surface area contributed by atoms with Crippen LogP contribution in [0.3, 0.4) is 0 Å². The number of nitrogens with one attached hydrogen (secondary N) is 2. The first-order chi connectivity index (χ1) is 11.2. The monoisotopic (exact) mass is 314 g/mol. The maximum absolute atomic E-state index is 12.4. The van der Waals surface area contributed by atoms with Gasteiger partial charge >= 0.3 is 6.03 Å². The zero-order valence-corrected chi connectivity index (χ0v) is 13.1. The summed E-state index contributed by atoms with van der Waals surface area (Å²) in [7, 11) is 0. The highest BCUT2D eigenvalue weighted by atomic mass is 16.2. The zero-order chi connectivity index (χ0) is 15.8. The summed E-state index contributed by atoms with van der Waals surface area (Å²) >= 11 is 0. The molecule has 0 unspecified atom stereocenters. The average Bonchev–Trinajstić information content (AvgIpc) is 2.53. The summed E-state index contributed by atoms with van der Waals surface area (Å²) in [5.41, 5.74) is 2.07. The molecular weight excluding hydrogens is 292 g/mol. The van der Waals surface area contributed by atoms with Crippen molar-refractivity contribution >= 4 is 17.6 Å². The smallest absolute Gasteiger partial charge is 0.322 e. The van der Waals surface area contributed by atoms with E-state index in [9.17, 15) is 9.59 Å². The molecule has 6 nitrogen and oxygen atoms in total. The van der Waals surface area contributed by atoms with Crippen molar-refractivity contribution in [3.05, 3.63) is 29.8 Å². The van der Waals surface area contributed by atoms with Crippen LogP contribution in [0.25, 0.3) is 0 Å². The van der Waals surface area contributed by atoms with Gasteiger partial charge in [0.1, 0.15) is 0 Å². The maximum Gasteiger partial charge on any atom is 0.322 e. The van der Waals surface area contributed by atoms with E-state index >= 15 is 0 Å². The Labute approximate surface area is 135 Å². The molecule has 2 saturated heterocycles. The van der Waals surface area contributed by atoms with Crippen LogP contribution < -0.4 is 10.6 Å². The Bertz CT molecular complexity index is 621.